The molecule has 0 saturated heterocycles. The van der Waals surface area contributed by atoms with Crippen molar-refractivity contribution < 1.29 is 21.5 Å². The third-order valence-electron chi connectivity index (χ3n) is 2.79. The second kappa shape index (κ2) is 6.55. The van der Waals surface area contributed by atoms with E-state index in [0.717, 1.165) is 6.54 Å². The highest BCUT2D eigenvalue weighted by Gasteiger charge is 2.04. The molecule has 2 aromatic rings. The summed E-state index contributed by atoms with van der Waals surface area (Å²) in [7, 11) is 0. The molecule has 0 aliphatic carbocycles. The summed E-state index contributed by atoms with van der Waals surface area (Å²) in [6.07, 6.45) is 4.31. The first-order chi connectivity index (χ1) is 7.75. The zero-order valence-electron chi connectivity index (χ0n) is 10.3. The molecule has 0 saturated carbocycles. The molecule has 0 aliphatic rings. The van der Waals surface area contributed by atoms with Crippen molar-refractivity contribution in [3.8, 4) is 0 Å². The largest absolute Gasteiger partial charge is 1.00 e. The summed E-state index contributed by atoms with van der Waals surface area (Å²) in [5.74, 6) is 0.603. The molecule has 90 valence electrons. The van der Waals surface area contributed by atoms with Crippen molar-refractivity contribution in [1.82, 2.24) is 0 Å². The van der Waals surface area contributed by atoms with Crippen LogP contribution in [0.15, 0.2) is 54.9 Å². The zero-order chi connectivity index (χ0) is 11.4. The van der Waals surface area contributed by atoms with E-state index in [4.69, 9.17) is 0 Å². The van der Waals surface area contributed by atoms with Crippen molar-refractivity contribution in [3.05, 3.63) is 66.0 Å². The normalized spacial score (nSPS) is 10.1. The van der Waals surface area contributed by atoms with E-state index in [0.29, 0.717) is 5.92 Å². The van der Waals surface area contributed by atoms with Gasteiger partial charge in [0.1, 0.15) is 0 Å². The summed E-state index contributed by atoms with van der Waals surface area (Å²) in [6, 6.07) is 14.9. The van der Waals surface area contributed by atoms with Gasteiger partial charge in [-0.1, -0.05) is 44.2 Å². The Balaban J connectivity index is 0.00000144. The number of nitrogens with zero attached hydrogens (tertiary/aromatic N) is 1. The van der Waals surface area contributed by atoms with Crippen LogP contribution < -0.4 is 21.5 Å². The van der Waals surface area contributed by atoms with Crippen LogP contribution in [0, 0.1) is 0 Å². The van der Waals surface area contributed by atoms with E-state index >= 15 is 0 Å². The third-order valence-corrected chi connectivity index (χ3v) is 2.79. The summed E-state index contributed by atoms with van der Waals surface area (Å²) < 4.78 is 2.21. The molecule has 0 radical (unpaired) electrons. The van der Waals surface area contributed by atoms with Crippen LogP contribution in [0.1, 0.15) is 30.9 Å². The lowest BCUT2D eigenvalue weighted by Crippen LogP contribution is -3.00. The Morgan fingerprint density at radius 2 is 1.53 bits per heavy atom. The SMILES string of the molecule is CC(C)c1cc[n+](Cc2ccccc2)cc1.[Br-]. The van der Waals surface area contributed by atoms with Gasteiger partial charge in [-0.05, 0) is 11.5 Å². The first kappa shape index (κ1) is 13.9. The van der Waals surface area contributed by atoms with Gasteiger partial charge in [0.25, 0.3) is 0 Å². The Labute approximate surface area is 114 Å². The molecule has 0 amide bonds. The maximum atomic E-state index is 2.22. The minimum Gasteiger partial charge on any atom is -1.00 e. The molecule has 1 aromatic heterocycles. The van der Waals surface area contributed by atoms with Gasteiger partial charge in [0.15, 0.2) is 18.9 Å². The van der Waals surface area contributed by atoms with Gasteiger partial charge >= 0.3 is 0 Å². The molecule has 0 unspecified atom stereocenters. The number of benzene rings is 1. The van der Waals surface area contributed by atoms with Crippen LogP contribution in [0.3, 0.4) is 0 Å². The van der Waals surface area contributed by atoms with Crippen LogP contribution in [0.2, 0.25) is 0 Å². The molecule has 0 N–H and O–H groups in total. The maximum Gasteiger partial charge on any atom is 0.173 e. The number of pyridine rings is 1. The fraction of sp³-hybridized carbons (Fsp3) is 0.267. The van der Waals surface area contributed by atoms with Gasteiger partial charge in [-0.15, -0.1) is 0 Å². The molecule has 2 rings (SSSR count). The van der Waals surface area contributed by atoms with E-state index in [2.05, 4.69) is 73.3 Å². The Morgan fingerprint density at radius 1 is 0.941 bits per heavy atom. The summed E-state index contributed by atoms with van der Waals surface area (Å²) in [6.45, 7) is 5.38. The molecule has 2 heteroatoms. The van der Waals surface area contributed by atoms with E-state index in [1.54, 1.807) is 0 Å². The average molecular weight is 292 g/mol. The highest BCUT2D eigenvalue weighted by molar-refractivity contribution is 5.14. The van der Waals surface area contributed by atoms with Gasteiger partial charge in [-0.3, -0.25) is 0 Å². The Bertz CT molecular complexity index is 434. The average Bonchev–Trinajstić information content (AvgIpc) is 2.31. The third kappa shape index (κ3) is 3.97. The molecule has 0 spiro atoms. The quantitative estimate of drug-likeness (QED) is 0.709. The predicted octanol–water partition coefficient (Wildman–Crippen LogP) is 0.150. The fourth-order valence-corrected chi connectivity index (χ4v) is 1.75. The van der Waals surface area contributed by atoms with Crippen LogP contribution in [0.5, 0.6) is 0 Å². The van der Waals surface area contributed by atoms with Gasteiger partial charge in [-0.25, -0.2) is 4.57 Å². The second-order valence-electron chi connectivity index (χ2n) is 4.44. The molecular formula is C15H18BrN. The highest BCUT2D eigenvalue weighted by Crippen LogP contribution is 2.11. The van der Waals surface area contributed by atoms with E-state index in [9.17, 15) is 0 Å². The Kier molecular flexibility index (Phi) is 5.36. The molecule has 0 aliphatic heterocycles. The van der Waals surface area contributed by atoms with Crippen molar-refractivity contribution >= 4 is 0 Å². The van der Waals surface area contributed by atoms with Crippen LogP contribution in [-0.2, 0) is 6.54 Å². The van der Waals surface area contributed by atoms with Gasteiger partial charge in [0.05, 0.1) is 0 Å². The minimum atomic E-state index is 0. The topological polar surface area (TPSA) is 3.88 Å². The molecule has 1 heterocycles. The van der Waals surface area contributed by atoms with E-state index in [1.807, 2.05) is 0 Å². The van der Waals surface area contributed by atoms with Crippen molar-refractivity contribution in [1.29, 1.82) is 0 Å². The van der Waals surface area contributed by atoms with Crippen LogP contribution in [-0.4, -0.2) is 0 Å². The number of aromatic nitrogens is 1. The summed E-state index contributed by atoms with van der Waals surface area (Å²) in [4.78, 5) is 0. The summed E-state index contributed by atoms with van der Waals surface area (Å²) in [5.41, 5.74) is 2.73. The van der Waals surface area contributed by atoms with Crippen LogP contribution >= 0.6 is 0 Å². The van der Waals surface area contributed by atoms with E-state index in [-0.39, 0.29) is 17.0 Å². The molecule has 1 nitrogen and oxygen atoms in total. The van der Waals surface area contributed by atoms with Crippen molar-refractivity contribution in [2.75, 3.05) is 0 Å². The molecule has 0 atom stereocenters. The van der Waals surface area contributed by atoms with E-state index < -0.39 is 0 Å². The smallest absolute Gasteiger partial charge is 0.173 e. The molecule has 1 aromatic carbocycles. The lowest BCUT2D eigenvalue weighted by Gasteiger charge is -2.03. The zero-order valence-corrected chi connectivity index (χ0v) is 11.9. The number of halogens is 1. The highest BCUT2D eigenvalue weighted by atomic mass is 79.9. The maximum absolute atomic E-state index is 2.22. The molecule has 0 fully saturated rings. The summed E-state index contributed by atoms with van der Waals surface area (Å²) in [5, 5.41) is 0. The molecule has 0 bridgehead atoms. The lowest BCUT2D eigenvalue weighted by atomic mass is 10.1. The van der Waals surface area contributed by atoms with Crippen molar-refractivity contribution in [2.45, 2.75) is 26.3 Å². The standard InChI is InChI=1S/C15H18N.BrH/c1-13(2)15-8-10-16(11-9-15)12-14-6-4-3-5-7-14;/h3-11,13H,12H2,1-2H3;1H/q+1;/p-1. The van der Waals surface area contributed by atoms with E-state index in [1.165, 1.54) is 11.1 Å². The van der Waals surface area contributed by atoms with Gasteiger partial charge in [0, 0.05) is 17.7 Å². The summed E-state index contributed by atoms with van der Waals surface area (Å²) >= 11 is 0. The monoisotopic (exact) mass is 291 g/mol. The Morgan fingerprint density at radius 3 is 2.06 bits per heavy atom. The van der Waals surface area contributed by atoms with Crippen LogP contribution in [0.4, 0.5) is 0 Å². The Hall–Kier alpha value is -1.15. The number of hydrogen-bond acceptors (Lipinski definition) is 0. The van der Waals surface area contributed by atoms with Crippen molar-refractivity contribution in [3.63, 3.8) is 0 Å². The van der Waals surface area contributed by atoms with Gasteiger partial charge < -0.3 is 17.0 Å². The first-order valence-electron chi connectivity index (χ1n) is 5.78. The van der Waals surface area contributed by atoms with Crippen molar-refractivity contribution in [2.24, 2.45) is 0 Å². The lowest BCUT2D eigenvalue weighted by molar-refractivity contribution is -0.688. The molecule has 17 heavy (non-hydrogen) atoms. The van der Waals surface area contributed by atoms with Gasteiger partial charge in [0.2, 0.25) is 0 Å². The predicted molar refractivity (Wildman–Crippen MR) is 66.3 cm³/mol. The van der Waals surface area contributed by atoms with Gasteiger partial charge in [-0.2, -0.15) is 0 Å². The molecular weight excluding hydrogens is 274 g/mol. The number of hydrogen-bond donors (Lipinski definition) is 0. The number of rotatable bonds is 3. The first-order valence-corrected chi connectivity index (χ1v) is 5.78. The minimum absolute atomic E-state index is 0. The fourth-order valence-electron chi connectivity index (χ4n) is 1.75. The van der Waals surface area contributed by atoms with Crippen LogP contribution in [0.25, 0.3) is 0 Å². The second-order valence-corrected chi connectivity index (χ2v) is 4.44.